The molecule has 7 heteroatoms. The SMILES string of the molecule is CCCn1c(N)c(NCC(O)C2CC2)c(=O)[nH]c1=O. The van der Waals surface area contributed by atoms with E-state index in [-0.39, 0.29) is 18.1 Å². The highest BCUT2D eigenvalue weighted by molar-refractivity contribution is 5.60. The van der Waals surface area contributed by atoms with Gasteiger partial charge in [0.25, 0.3) is 5.56 Å². The van der Waals surface area contributed by atoms with Crippen LogP contribution in [0.1, 0.15) is 26.2 Å². The van der Waals surface area contributed by atoms with Crippen molar-refractivity contribution < 1.29 is 5.11 Å². The molecule has 1 aromatic heterocycles. The van der Waals surface area contributed by atoms with Crippen molar-refractivity contribution in [2.75, 3.05) is 17.6 Å². The van der Waals surface area contributed by atoms with Crippen LogP contribution in [0.3, 0.4) is 0 Å². The molecule has 1 fully saturated rings. The number of nitrogens with zero attached hydrogens (tertiary/aromatic N) is 1. The van der Waals surface area contributed by atoms with E-state index in [2.05, 4.69) is 10.3 Å². The van der Waals surface area contributed by atoms with Crippen LogP contribution < -0.4 is 22.3 Å². The summed E-state index contributed by atoms with van der Waals surface area (Å²) in [5.41, 5.74) is 4.96. The Morgan fingerprint density at radius 2 is 2.21 bits per heavy atom. The van der Waals surface area contributed by atoms with Crippen molar-refractivity contribution in [1.29, 1.82) is 0 Å². The molecule has 0 radical (unpaired) electrons. The lowest BCUT2D eigenvalue weighted by atomic mass is 10.2. The number of hydrogen-bond acceptors (Lipinski definition) is 5. The Morgan fingerprint density at radius 1 is 1.53 bits per heavy atom. The third-order valence-corrected chi connectivity index (χ3v) is 3.34. The maximum absolute atomic E-state index is 11.7. The summed E-state index contributed by atoms with van der Waals surface area (Å²) in [6.07, 6.45) is 2.29. The molecule has 0 spiro atoms. The van der Waals surface area contributed by atoms with Gasteiger partial charge in [-0.05, 0) is 25.2 Å². The molecule has 0 aromatic carbocycles. The van der Waals surface area contributed by atoms with E-state index in [1.165, 1.54) is 4.57 Å². The maximum Gasteiger partial charge on any atom is 0.330 e. The largest absolute Gasteiger partial charge is 0.391 e. The van der Waals surface area contributed by atoms with Gasteiger partial charge in [0.2, 0.25) is 0 Å². The van der Waals surface area contributed by atoms with Crippen LogP contribution >= 0.6 is 0 Å². The Hall–Kier alpha value is -1.76. The highest BCUT2D eigenvalue weighted by Gasteiger charge is 2.29. The lowest BCUT2D eigenvalue weighted by molar-refractivity contribution is 0.164. The van der Waals surface area contributed by atoms with E-state index in [0.29, 0.717) is 12.5 Å². The lowest BCUT2D eigenvalue weighted by Crippen LogP contribution is -2.35. The first-order valence-electron chi connectivity index (χ1n) is 6.59. The molecule has 19 heavy (non-hydrogen) atoms. The molecule has 1 aliphatic carbocycles. The predicted molar refractivity (Wildman–Crippen MR) is 73.2 cm³/mol. The molecule has 1 unspecified atom stereocenters. The lowest BCUT2D eigenvalue weighted by Gasteiger charge is -2.15. The molecular weight excluding hydrogens is 248 g/mol. The fourth-order valence-electron chi connectivity index (χ4n) is 2.06. The summed E-state index contributed by atoms with van der Waals surface area (Å²) in [5.74, 6) is 0.438. The zero-order valence-electron chi connectivity index (χ0n) is 11.0. The van der Waals surface area contributed by atoms with Gasteiger partial charge in [0, 0.05) is 13.1 Å². The summed E-state index contributed by atoms with van der Waals surface area (Å²) >= 11 is 0. The Morgan fingerprint density at radius 3 is 2.79 bits per heavy atom. The van der Waals surface area contributed by atoms with Crippen LogP contribution in [0.5, 0.6) is 0 Å². The minimum atomic E-state index is -0.544. The number of H-pyrrole nitrogens is 1. The minimum absolute atomic E-state index is 0.124. The quantitative estimate of drug-likeness (QED) is 0.566. The van der Waals surface area contributed by atoms with Gasteiger partial charge in [-0.2, -0.15) is 0 Å². The average Bonchev–Trinajstić information content (AvgIpc) is 3.18. The first-order valence-corrected chi connectivity index (χ1v) is 6.59. The van der Waals surface area contributed by atoms with Gasteiger partial charge in [-0.3, -0.25) is 14.3 Å². The predicted octanol–water partition coefficient (Wildman–Crippen LogP) is -0.288. The summed E-state index contributed by atoms with van der Waals surface area (Å²) in [7, 11) is 0. The second-order valence-electron chi connectivity index (χ2n) is 4.96. The van der Waals surface area contributed by atoms with Gasteiger partial charge in [0.1, 0.15) is 11.5 Å². The Labute approximate surface area is 110 Å². The zero-order valence-corrected chi connectivity index (χ0v) is 11.0. The highest BCUT2D eigenvalue weighted by atomic mass is 16.3. The summed E-state index contributed by atoms with van der Waals surface area (Å²) in [5, 5.41) is 12.6. The van der Waals surface area contributed by atoms with E-state index in [9.17, 15) is 14.7 Å². The number of anilines is 2. The van der Waals surface area contributed by atoms with Crippen LogP contribution in [0.2, 0.25) is 0 Å². The van der Waals surface area contributed by atoms with Gasteiger partial charge in [0.05, 0.1) is 6.10 Å². The van der Waals surface area contributed by atoms with E-state index >= 15 is 0 Å². The van der Waals surface area contributed by atoms with Gasteiger partial charge in [-0.25, -0.2) is 4.79 Å². The number of hydrogen-bond donors (Lipinski definition) is 4. The first kappa shape index (κ1) is 13.7. The summed E-state index contributed by atoms with van der Waals surface area (Å²) in [6.45, 7) is 2.63. The number of nitrogens with one attached hydrogen (secondary N) is 2. The van der Waals surface area contributed by atoms with Gasteiger partial charge in [-0.15, -0.1) is 0 Å². The second kappa shape index (κ2) is 5.48. The topological polar surface area (TPSA) is 113 Å². The molecule has 1 saturated carbocycles. The van der Waals surface area contributed by atoms with Crippen molar-refractivity contribution in [1.82, 2.24) is 9.55 Å². The fourth-order valence-corrected chi connectivity index (χ4v) is 2.06. The first-order chi connectivity index (χ1) is 9.04. The molecule has 5 N–H and O–H groups in total. The standard InChI is InChI=1S/C12H20N4O3/c1-2-5-16-10(13)9(11(18)15-12(16)19)14-6-8(17)7-3-4-7/h7-8,14,17H,2-6,13H2,1H3,(H,15,18,19). The monoisotopic (exact) mass is 268 g/mol. The van der Waals surface area contributed by atoms with Crippen molar-refractivity contribution in [3.05, 3.63) is 20.8 Å². The molecular formula is C12H20N4O3. The average molecular weight is 268 g/mol. The number of aromatic amines is 1. The van der Waals surface area contributed by atoms with Gasteiger partial charge < -0.3 is 16.2 Å². The van der Waals surface area contributed by atoms with Crippen molar-refractivity contribution in [2.24, 2.45) is 5.92 Å². The molecule has 0 bridgehead atoms. The number of nitrogens with two attached hydrogens (primary N) is 1. The van der Waals surface area contributed by atoms with Crippen LogP contribution in [-0.2, 0) is 6.54 Å². The number of nitrogen functional groups attached to an aromatic ring is 1. The van der Waals surface area contributed by atoms with Gasteiger partial charge in [-0.1, -0.05) is 6.92 Å². The molecule has 0 aliphatic heterocycles. The summed E-state index contributed by atoms with van der Waals surface area (Å²) in [6, 6.07) is 0. The van der Waals surface area contributed by atoms with Gasteiger partial charge >= 0.3 is 5.69 Å². The van der Waals surface area contributed by atoms with Crippen LogP contribution in [0.4, 0.5) is 11.5 Å². The molecule has 1 aromatic rings. The normalized spacial score (nSPS) is 16.3. The van der Waals surface area contributed by atoms with Crippen molar-refractivity contribution in [3.8, 4) is 0 Å². The van der Waals surface area contributed by atoms with E-state index in [0.717, 1.165) is 19.3 Å². The Balaban J connectivity index is 2.20. The van der Waals surface area contributed by atoms with Crippen LogP contribution in [-0.4, -0.2) is 27.3 Å². The van der Waals surface area contributed by atoms with E-state index in [1.54, 1.807) is 0 Å². The molecule has 0 saturated heterocycles. The maximum atomic E-state index is 11.7. The van der Waals surface area contributed by atoms with Crippen molar-refractivity contribution >= 4 is 11.5 Å². The number of aromatic nitrogens is 2. The number of rotatable bonds is 6. The number of aliphatic hydroxyl groups is 1. The third kappa shape index (κ3) is 2.98. The Bertz CT molecular complexity index is 559. The molecule has 1 aliphatic rings. The fraction of sp³-hybridized carbons (Fsp3) is 0.667. The zero-order chi connectivity index (χ0) is 14.0. The van der Waals surface area contributed by atoms with E-state index in [4.69, 9.17) is 5.73 Å². The smallest absolute Gasteiger partial charge is 0.330 e. The molecule has 106 valence electrons. The van der Waals surface area contributed by atoms with E-state index < -0.39 is 17.4 Å². The van der Waals surface area contributed by atoms with Crippen LogP contribution in [0, 0.1) is 5.92 Å². The molecule has 0 amide bonds. The summed E-state index contributed by atoms with van der Waals surface area (Å²) < 4.78 is 1.33. The van der Waals surface area contributed by atoms with Gasteiger partial charge in [0.15, 0.2) is 0 Å². The molecule has 7 nitrogen and oxygen atoms in total. The minimum Gasteiger partial charge on any atom is -0.391 e. The highest BCUT2D eigenvalue weighted by Crippen LogP contribution is 2.32. The Kier molecular flexibility index (Phi) is 3.94. The van der Waals surface area contributed by atoms with Crippen molar-refractivity contribution in [3.63, 3.8) is 0 Å². The second-order valence-corrected chi connectivity index (χ2v) is 4.96. The van der Waals surface area contributed by atoms with Crippen LogP contribution in [0.15, 0.2) is 9.59 Å². The van der Waals surface area contributed by atoms with Crippen molar-refractivity contribution in [2.45, 2.75) is 38.8 Å². The number of aliphatic hydroxyl groups excluding tert-OH is 1. The van der Waals surface area contributed by atoms with Crippen LogP contribution in [0.25, 0.3) is 0 Å². The molecule has 2 rings (SSSR count). The molecule has 1 heterocycles. The third-order valence-electron chi connectivity index (χ3n) is 3.34. The molecule has 1 atom stereocenters. The van der Waals surface area contributed by atoms with E-state index in [1.807, 2.05) is 6.92 Å². The summed E-state index contributed by atoms with van der Waals surface area (Å²) in [4.78, 5) is 25.6.